The largest absolute Gasteiger partial charge is 0.337 e. The number of aromatic nitrogens is 3. The Kier molecular flexibility index (Phi) is 4.78. The van der Waals surface area contributed by atoms with Crippen LogP contribution in [0.2, 0.25) is 0 Å². The molecule has 0 saturated carbocycles. The molecule has 1 aliphatic rings. The fourth-order valence-electron chi connectivity index (χ4n) is 4.09. The van der Waals surface area contributed by atoms with E-state index in [4.69, 9.17) is 0 Å². The molecule has 7 nitrogen and oxygen atoms in total. The monoisotopic (exact) mass is 432 g/mol. The van der Waals surface area contributed by atoms with Crippen molar-refractivity contribution in [2.45, 2.75) is 26.4 Å². The van der Waals surface area contributed by atoms with Crippen LogP contribution in [0.4, 0.5) is 0 Å². The predicted molar refractivity (Wildman–Crippen MR) is 120 cm³/mol. The van der Waals surface area contributed by atoms with E-state index in [-0.39, 0.29) is 17.2 Å². The highest BCUT2D eigenvalue weighted by atomic mass is 32.1. The Morgan fingerprint density at radius 1 is 1.10 bits per heavy atom. The fourth-order valence-corrected chi connectivity index (χ4v) is 5.44. The van der Waals surface area contributed by atoms with Crippen LogP contribution in [-0.2, 0) is 24.3 Å². The zero-order valence-corrected chi connectivity index (χ0v) is 17.8. The summed E-state index contributed by atoms with van der Waals surface area (Å²) in [4.78, 5) is 46.5. The Morgan fingerprint density at radius 3 is 2.55 bits per heavy atom. The second-order valence-electron chi connectivity index (χ2n) is 7.57. The van der Waals surface area contributed by atoms with Crippen molar-refractivity contribution in [1.82, 2.24) is 19.0 Å². The first-order valence-electron chi connectivity index (χ1n) is 10.0. The van der Waals surface area contributed by atoms with Crippen LogP contribution in [0.1, 0.15) is 22.9 Å². The Labute approximate surface area is 181 Å². The van der Waals surface area contributed by atoms with E-state index in [0.29, 0.717) is 42.0 Å². The summed E-state index contributed by atoms with van der Waals surface area (Å²) in [6.45, 7) is 2.93. The summed E-state index contributed by atoms with van der Waals surface area (Å²) in [7, 11) is 0. The lowest BCUT2D eigenvalue weighted by Gasteiger charge is -2.25. The number of amides is 1. The number of nitrogens with zero attached hydrogens (tertiary/aromatic N) is 4. The Hall–Kier alpha value is -3.52. The molecule has 4 heterocycles. The molecule has 0 atom stereocenters. The average molecular weight is 433 g/mol. The topological polar surface area (TPSA) is 77.2 Å². The third kappa shape index (κ3) is 3.29. The maximum Gasteiger partial charge on any atom is 0.337 e. The van der Waals surface area contributed by atoms with Crippen molar-refractivity contribution in [3.8, 4) is 5.69 Å². The van der Waals surface area contributed by atoms with Gasteiger partial charge in [0.25, 0.3) is 5.56 Å². The average Bonchev–Trinajstić information content (AvgIpc) is 3.17. The van der Waals surface area contributed by atoms with E-state index in [1.807, 2.05) is 30.3 Å². The van der Waals surface area contributed by atoms with E-state index in [0.717, 1.165) is 16.0 Å². The van der Waals surface area contributed by atoms with Crippen LogP contribution in [0.3, 0.4) is 0 Å². The van der Waals surface area contributed by atoms with Gasteiger partial charge in [-0.1, -0.05) is 18.2 Å². The summed E-state index contributed by atoms with van der Waals surface area (Å²) in [5, 5.41) is 0.584. The van der Waals surface area contributed by atoms with Crippen molar-refractivity contribution in [1.29, 1.82) is 0 Å². The lowest BCUT2D eigenvalue weighted by Crippen LogP contribution is -2.39. The maximum absolute atomic E-state index is 13.6. The van der Waals surface area contributed by atoms with E-state index in [1.165, 1.54) is 15.9 Å². The molecule has 0 bridgehead atoms. The van der Waals surface area contributed by atoms with Gasteiger partial charge in [0, 0.05) is 30.7 Å². The second kappa shape index (κ2) is 7.63. The van der Waals surface area contributed by atoms with Gasteiger partial charge in [0.1, 0.15) is 4.83 Å². The molecule has 0 unspecified atom stereocenters. The van der Waals surface area contributed by atoms with Crippen molar-refractivity contribution in [3.63, 3.8) is 0 Å². The summed E-state index contributed by atoms with van der Waals surface area (Å²) in [5.41, 5.74) is 1.75. The molecule has 1 aliphatic heterocycles. The number of hydrogen-bond donors (Lipinski definition) is 0. The molecule has 8 heteroatoms. The highest BCUT2D eigenvalue weighted by molar-refractivity contribution is 7.18. The fraction of sp³-hybridized carbons (Fsp3) is 0.217. The van der Waals surface area contributed by atoms with E-state index in [2.05, 4.69) is 4.98 Å². The molecule has 0 spiro atoms. The number of benzene rings is 1. The van der Waals surface area contributed by atoms with Gasteiger partial charge >= 0.3 is 5.69 Å². The molecule has 31 heavy (non-hydrogen) atoms. The van der Waals surface area contributed by atoms with Gasteiger partial charge in [-0.15, -0.1) is 11.3 Å². The van der Waals surface area contributed by atoms with Crippen LogP contribution in [0.5, 0.6) is 0 Å². The van der Waals surface area contributed by atoms with Crippen molar-refractivity contribution < 1.29 is 4.79 Å². The van der Waals surface area contributed by atoms with Crippen molar-refractivity contribution in [3.05, 3.63) is 91.7 Å². The molecule has 1 amide bonds. The normalized spacial score (nSPS) is 13.4. The van der Waals surface area contributed by atoms with Crippen molar-refractivity contribution >= 4 is 27.5 Å². The quantitative estimate of drug-likeness (QED) is 0.499. The summed E-state index contributed by atoms with van der Waals surface area (Å²) < 4.78 is 2.92. The lowest BCUT2D eigenvalue weighted by atomic mass is 10.1. The maximum atomic E-state index is 13.6. The minimum atomic E-state index is -0.373. The van der Waals surface area contributed by atoms with Crippen LogP contribution in [0, 0.1) is 0 Å². The molecule has 3 aromatic heterocycles. The summed E-state index contributed by atoms with van der Waals surface area (Å²) >= 11 is 1.44. The number of rotatable bonds is 3. The first kappa shape index (κ1) is 19.4. The van der Waals surface area contributed by atoms with E-state index < -0.39 is 0 Å². The second-order valence-corrected chi connectivity index (χ2v) is 8.66. The van der Waals surface area contributed by atoms with E-state index in [9.17, 15) is 14.4 Å². The van der Waals surface area contributed by atoms with Crippen molar-refractivity contribution in [2.24, 2.45) is 0 Å². The third-order valence-electron chi connectivity index (χ3n) is 5.67. The van der Waals surface area contributed by atoms with Crippen LogP contribution >= 0.6 is 11.3 Å². The Bertz CT molecular complexity index is 1400. The Balaban J connectivity index is 1.80. The minimum absolute atomic E-state index is 0.0129. The highest BCUT2D eigenvalue weighted by Gasteiger charge is 2.27. The third-order valence-corrected chi connectivity index (χ3v) is 6.91. The Morgan fingerprint density at radius 2 is 1.84 bits per heavy atom. The van der Waals surface area contributed by atoms with Gasteiger partial charge in [-0.2, -0.15) is 0 Å². The number of carbonyl (C=O) groups excluding carboxylic acids is 1. The zero-order chi connectivity index (χ0) is 21.5. The standard InChI is InChI=1S/C23H20N4O3S/c1-15(28)25-12-9-18-19(14-25)31-22-20(18)21(29)27(17-5-3-2-4-6-17)23(30)26(22)13-16-7-10-24-11-8-16/h2-8,10-11H,9,12-14H2,1H3. The number of thiophene rings is 1. The molecule has 1 aromatic carbocycles. The van der Waals surface area contributed by atoms with Gasteiger partial charge in [0.05, 0.1) is 24.2 Å². The van der Waals surface area contributed by atoms with Gasteiger partial charge in [0.15, 0.2) is 0 Å². The smallest absolute Gasteiger partial charge is 0.337 e. The molecule has 0 saturated heterocycles. The van der Waals surface area contributed by atoms with Crippen molar-refractivity contribution in [2.75, 3.05) is 6.54 Å². The first-order valence-corrected chi connectivity index (χ1v) is 10.9. The summed E-state index contributed by atoms with van der Waals surface area (Å²) in [5.74, 6) is 0.0129. The van der Waals surface area contributed by atoms with Crippen LogP contribution in [0.25, 0.3) is 15.9 Å². The van der Waals surface area contributed by atoms with Crippen LogP contribution < -0.4 is 11.2 Å². The number of para-hydroxylation sites is 1. The van der Waals surface area contributed by atoms with Gasteiger partial charge in [0.2, 0.25) is 5.91 Å². The molecular weight excluding hydrogens is 412 g/mol. The number of hydrogen-bond acceptors (Lipinski definition) is 5. The summed E-state index contributed by atoms with van der Waals surface area (Å²) in [6, 6.07) is 12.7. The minimum Gasteiger partial charge on any atom is -0.337 e. The van der Waals surface area contributed by atoms with E-state index >= 15 is 0 Å². The van der Waals surface area contributed by atoms with Gasteiger partial charge < -0.3 is 4.90 Å². The van der Waals surface area contributed by atoms with Gasteiger partial charge in [-0.25, -0.2) is 9.36 Å². The van der Waals surface area contributed by atoms with Crippen LogP contribution in [0.15, 0.2) is 64.4 Å². The zero-order valence-electron chi connectivity index (χ0n) is 16.9. The molecule has 156 valence electrons. The van der Waals surface area contributed by atoms with Gasteiger partial charge in [-0.3, -0.25) is 19.1 Å². The molecular formula is C23H20N4O3S. The molecule has 0 aliphatic carbocycles. The molecule has 0 radical (unpaired) electrons. The predicted octanol–water partition coefficient (Wildman–Crippen LogP) is 2.56. The summed E-state index contributed by atoms with van der Waals surface area (Å²) in [6.07, 6.45) is 3.98. The number of fused-ring (bicyclic) bond motifs is 3. The molecule has 5 rings (SSSR count). The molecule has 4 aromatic rings. The highest BCUT2D eigenvalue weighted by Crippen LogP contribution is 2.33. The number of pyridine rings is 1. The SMILES string of the molecule is CC(=O)N1CCc2c(sc3c2c(=O)n(-c2ccccc2)c(=O)n3Cc2ccncc2)C1. The van der Waals surface area contributed by atoms with Crippen LogP contribution in [-0.4, -0.2) is 31.5 Å². The first-order chi connectivity index (χ1) is 15.0. The molecule has 0 fully saturated rings. The van der Waals surface area contributed by atoms with E-state index in [1.54, 1.807) is 40.9 Å². The number of carbonyl (C=O) groups is 1. The van der Waals surface area contributed by atoms with Gasteiger partial charge in [-0.05, 0) is 41.8 Å². The lowest BCUT2D eigenvalue weighted by molar-refractivity contribution is -0.129. The molecule has 0 N–H and O–H groups in total.